The second kappa shape index (κ2) is 33.6. The Hall–Kier alpha value is -1.35. The predicted octanol–water partition coefficient (Wildman–Crippen LogP) is 8.51. The smallest absolute Gasteiger partial charge is 0.306 e. The molecule has 0 aromatic rings. The van der Waals surface area contributed by atoms with Crippen LogP contribution >= 0.6 is 0 Å². The Labute approximate surface area is 333 Å². The molecule has 326 valence electrons. The third-order valence-corrected chi connectivity index (χ3v) is 11.2. The van der Waals surface area contributed by atoms with Crippen LogP contribution in [0, 0.1) is 0 Å². The van der Waals surface area contributed by atoms with E-state index in [1.165, 1.54) is 122 Å². The molecule has 0 radical (unpaired) electrons. The van der Waals surface area contributed by atoms with Crippen LogP contribution in [0.2, 0.25) is 0 Å². The normalized spacial score (nSPS) is 20.7. The maximum Gasteiger partial charge on any atom is 0.306 e. The van der Waals surface area contributed by atoms with Gasteiger partial charge in [0.15, 0.2) is 12.4 Å². The number of aliphatic hydroxyl groups excluding tert-OH is 3. The van der Waals surface area contributed by atoms with Gasteiger partial charge in [-0.15, -0.1) is 0 Å². The predicted molar refractivity (Wildman–Crippen MR) is 215 cm³/mol. The van der Waals surface area contributed by atoms with Crippen molar-refractivity contribution in [2.45, 2.75) is 237 Å². The maximum absolute atomic E-state index is 12.8. The van der Waals surface area contributed by atoms with Crippen molar-refractivity contribution in [1.82, 2.24) is 0 Å². The van der Waals surface area contributed by atoms with Gasteiger partial charge in [-0.3, -0.25) is 14.1 Å². The van der Waals surface area contributed by atoms with Gasteiger partial charge in [-0.25, -0.2) is 0 Å². The van der Waals surface area contributed by atoms with Crippen molar-refractivity contribution in [3.05, 3.63) is 0 Å². The average molecular weight is 809 g/mol. The van der Waals surface area contributed by atoms with Crippen molar-refractivity contribution in [2.24, 2.45) is 0 Å². The molecule has 13 heteroatoms. The molecule has 4 N–H and O–H groups in total. The Morgan fingerprint density at radius 3 is 1.33 bits per heavy atom. The van der Waals surface area contributed by atoms with Crippen LogP contribution in [0.3, 0.4) is 0 Å². The summed E-state index contributed by atoms with van der Waals surface area (Å²) in [7, 11) is -4.59. The van der Waals surface area contributed by atoms with E-state index in [0.29, 0.717) is 12.8 Å². The first-order valence-corrected chi connectivity index (χ1v) is 23.7. The molecule has 1 saturated heterocycles. The molecule has 0 spiro atoms. The summed E-state index contributed by atoms with van der Waals surface area (Å²) in [6.07, 6.45) is 22.9. The molecule has 55 heavy (non-hydrogen) atoms. The first kappa shape index (κ1) is 51.7. The maximum atomic E-state index is 12.8. The van der Waals surface area contributed by atoms with Crippen LogP contribution in [0.15, 0.2) is 0 Å². The van der Waals surface area contributed by atoms with Gasteiger partial charge in [-0.2, -0.15) is 8.42 Å². The summed E-state index contributed by atoms with van der Waals surface area (Å²) in [6.45, 7) is 3.77. The molecule has 0 saturated carbocycles. The van der Waals surface area contributed by atoms with Gasteiger partial charge in [-0.05, 0) is 12.8 Å². The van der Waals surface area contributed by atoms with Gasteiger partial charge in [0.25, 0.3) is 10.1 Å². The molecule has 1 unspecified atom stereocenters. The molecule has 0 amide bonds. The zero-order valence-electron chi connectivity index (χ0n) is 34.6. The van der Waals surface area contributed by atoms with Crippen molar-refractivity contribution in [1.29, 1.82) is 0 Å². The molecule has 1 aliphatic rings. The quantitative estimate of drug-likeness (QED) is 0.0267. The van der Waals surface area contributed by atoms with Gasteiger partial charge >= 0.3 is 11.9 Å². The monoisotopic (exact) mass is 809 g/mol. The molecule has 1 aliphatic heterocycles. The molecule has 6 atom stereocenters. The first-order chi connectivity index (χ1) is 26.5. The zero-order valence-corrected chi connectivity index (χ0v) is 35.4. The van der Waals surface area contributed by atoms with Crippen LogP contribution < -0.4 is 0 Å². The molecule has 0 bridgehead atoms. The third-order valence-electron chi connectivity index (χ3n) is 10.4. The highest BCUT2D eigenvalue weighted by Crippen LogP contribution is 2.24. The number of aliphatic hydroxyl groups is 3. The first-order valence-electron chi connectivity index (χ1n) is 22.1. The Morgan fingerprint density at radius 2 is 0.927 bits per heavy atom. The number of hydrogen-bond donors (Lipinski definition) is 4. The minimum absolute atomic E-state index is 0.172. The van der Waals surface area contributed by atoms with E-state index in [4.69, 9.17) is 18.9 Å². The van der Waals surface area contributed by atoms with Gasteiger partial charge in [-0.1, -0.05) is 174 Å². The van der Waals surface area contributed by atoms with Gasteiger partial charge in [0, 0.05) is 12.8 Å². The third kappa shape index (κ3) is 28.7. The highest BCUT2D eigenvalue weighted by molar-refractivity contribution is 7.85. The van der Waals surface area contributed by atoms with E-state index in [1.807, 2.05) is 0 Å². The summed E-state index contributed by atoms with van der Waals surface area (Å²) in [5.74, 6) is -1.96. The summed E-state index contributed by atoms with van der Waals surface area (Å²) < 4.78 is 54.0. The SMILES string of the molecule is CCCCCCCCCCCCCCCCCC(=O)OC(COC(=O)CCCCCCCCCCCCCC)CO[C@@H]1O[C@H](CS(=O)(=O)O)[C@@H](O)[C@H](O)[C@H]1O. The van der Waals surface area contributed by atoms with Gasteiger partial charge in [0.1, 0.15) is 36.8 Å². The van der Waals surface area contributed by atoms with Crippen molar-refractivity contribution in [3.63, 3.8) is 0 Å². The standard InChI is InChI=1S/C42H80O12S/c1-3-5-7-9-11-13-15-17-18-19-21-23-25-27-29-31-38(44)53-35(33-52-42-41(47)40(46)39(45)36(54-42)34-55(48,49)50)32-51-37(43)30-28-26-24-22-20-16-14-12-10-8-6-4-2/h35-36,39-42,45-47H,3-34H2,1-2H3,(H,48,49,50)/t35?,36-,39-,40+,41-,42-/m1/s1. The van der Waals surface area contributed by atoms with E-state index in [9.17, 15) is 37.9 Å². The molecule has 0 aromatic heterocycles. The van der Waals surface area contributed by atoms with Crippen LogP contribution in [-0.2, 0) is 38.7 Å². The minimum atomic E-state index is -4.59. The number of carbonyl (C=O) groups excluding carboxylic acids is 2. The summed E-state index contributed by atoms with van der Waals surface area (Å²) in [4.78, 5) is 25.3. The van der Waals surface area contributed by atoms with E-state index >= 15 is 0 Å². The molecule has 1 fully saturated rings. The molecule has 12 nitrogen and oxygen atoms in total. The van der Waals surface area contributed by atoms with Crippen molar-refractivity contribution in [2.75, 3.05) is 19.0 Å². The lowest BCUT2D eigenvalue weighted by Crippen LogP contribution is -2.60. The van der Waals surface area contributed by atoms with E-state index < -0.39 is 71.2 Å². The largest absolute Gasteiger partial charge is 0.462 e. The summed E-state index contributed by atoms with van der Waals surface area (Å²) in [5, 5.41) is 30.8. The number of unbranched alkanes of at least 4 members (excludes halogenated alkanes) is 25. The second-order valence-electron chi connectivity index (χ2n) is 15.7. The van der Waals surface area contributed by atoms with Gasteiger partial charge < -0.3 is 34.3 Å². The fraction of sp³-hybridized carbons (Fsp3) is 0.952. The second-order valence-corrected chi connectivity index (χ2v) is 17.2. The highest BCUT2D eigenvalue weighted by atomic mass is 32.2. The van der Waals surface area contributed by atoms with E-state index in [1.54, 1.807) is 0 Å². The number of carbonyl (C=O) groups is 2. The minimum Gasteiger partial charge on any atom is -0.462 e. The lowest BCUT2D eigenvalue weighted by molar-refractivity contribution is -0.297. The topological polar surface area (TPSA) is 186 Å². The molecule has 0 aliphatic carbocycles. The van der Waals surface area contributed by atoms with Crippen LogP contribution in [0.25, 0.3) is 0 Å². The van der Waals surface area contributed by atoms with Crippen molar-refractivity contribution >= 4 is 22.1 Å². The van der Waals surface area contributed by atoms with Crippen LogP contribution in [-0.4, -0.2) is 96.0 Å². The lowest BCUT2D eigenvalue weighted by Gasteiger charge is -2.40. The Bertz CT molecular complexity index is 1040. The van der Waals surface area contributed by atoms with E-state index in [0.717, 1.165) is 38.5 Å². The zero-order chi connectivity index (χ0) is 40.6. The molecule has 0 aromatic carbocycles. The Balaban J connectivity index is 2.45. The Kier molecular flexibility index (Phi) is 31.6. The number of esters is 2. The summed E-state index contributed by atoms with van der Waals surface area (Å²) in [5.41, 5.74) is 0. The van der Waals surface area contributed by atoms with Crippen molar-refractivity contribution in [3.8, 4) is 0 Å². The summed E-state index contributed by atoms with van der Waals surface area (Å²) >= 11 is 0. The number of hydrogen-bond acceptors (Lipinski definition) is 11. The molecular formula is C42H80O12S. The fourth-order valence-electron chi connectivity index (χ4n) is 6.97. The van der Waals surface area contributed by atoms with Crippen LogP contribution in [0.1, 0.15) is 200 Å². The highest BCUT2D eigenvalue weighted by Gasteiger charge is 2.46. The van der Waals surface area contributed by atoms with Crippen LogP contribution in [0.5, 0.6) is 0 Å². The van der Waals surface area contributed by atoms with Crippen LogP contribution in [0.4, 0.5) is 0 Å². The van der Waals surface area contributed by atoms with Crippen molar-refractivity contribution < 1.29 is 56.8 Å². The Morgan fingerprint density at radius 1 is 0.545 bits per heavy atom. The lowest BCUT2D eigenvalue weighted by atomic mass is 10.00. The molecule has 1 heterocycles. The number of ether oxygens (including phenoxy) is 4. The van der Waals surface area contributed by atoms with E-state index in [-0.39, 0.29) is 19.4 Å². The molecular weight excluding hydrogens is 729 g/mol. The average Bonchev–Trinajstić information content (AvgIpc) is 3.14. The molecule has 1 rings (SSSR count). The van der Waals surface area contributed by atoms with E-state index in [2.05, 4.69) is 13.8 Å². The number of rotatable bonds is 37. The van der Waals surface area contributed by atoms with Gasteiger partial charge in [0.05, 0.1) is 6.61 Å². The van der Waals surface area contributed by atoms with Gasteiger partial charge in [0.2, 0.25) is 0 Å². The summed E-state index contributed by atoms with van der Waals surface area (Å²) in [6, 6.07) is 0. The fourth-order valence-corrected chi connectivity index (χ4v) is 7.66.